The second-order valence-corrected chi connectivity index (χ2v) is 4.33. The molecule has 106 valence electrons. The number of aliphatic hydroxyl groups excluding tert-OH is 1. The van der Waals surface area contributed by atoms with Crippen molar-refractivity contribution in [1.29, 1.82) is 0 Å². The number of ether oxygens (including phenoxy) is 1. The Morgan fingerprint density at radius 1 is 1.55 bits per heavy atom. The minimum Gasteiger partial charge on any atom is -0.460 e. The van der Waals surface area contributed by atoms with Gasteiger partial charge in [-0.05, 0) is 19.1 Å². The van der Waals surface area contributed by atoms with Crippen molar-refractivity contribution in [3.8, 4) is 11.3 Å². The van der Waals surface area contributed by atoms with Gasteiger partial charge < -0.3 is 14.4 Å². The molecule has 1 heterocycles. The number of aromatic nitrogens is 1. The molecule has 0 unspecified atom stereocenters. The molecule has 7 heteroatoms. The van der Waals surface area contributed by atoms with Crippen LogP contribution in [0.25, 0.3) is 11.3 Å². The lowest BCUT2D eigenvalue weighted by Crippen LogP contribution is -2.10. The maximum absolute atomic E-state index is 13.9. The standard InChI is InChI=1S/C13H11ClFNO4/c1-7-10(13(18)19-6-5-17)12(16-20-7)11-8(14)3-2-4-9(11)15/h2-4,17H,5-6H2,1H3. The molecule has 0 radical (unpaired) electrons. The molecule has 0 spiro atoms. The molecule has 2 aromatic rings. The summed E-state index contributed by atoms with van der Waals surface area (Å²) in [5.74, 6) is -1.20. The zero-order chi connectivity index (χ0) is 14.7. The van der Waals surface area contributed by atoms with Crippen molar-refractivity contribution < 1.29 is 23.6 Å². The fourth-order valence-corrected chi connectivity index (χ4v) is 1.97. The summed E-state index contributed by atoms with van der Waals surface area (Å²) in [6.45, 7) is 1.01. The summed E-state index contributed by atoms with van der Waals surface area (Å²) in [7, 11) is 0. The number of benzene rings is 1. The first-order valence-electron chi connectivity index (χ1n) is 5.75. The predicted molar refractivity (Wildman–Crippen MR) is 69.0 cm³/mol. The normalized spacial score (nSPS) is 10.6. The van der Waals surface area contributed by atoms with Gasteiger partial charge in [-0.25, -0.2) is 9.18 Å². The van der Waals surface area contributed by atoms with Crippen LogP contribution in [0.3, 0.4) is 0 Å². The van der Waals surface area contributed by atoms with Crippen LogP contribution in [0.5, 0.6) is 0 Å². The lowest BCUT2D eigenvalue weighted by atomic mass is 10.1. The average Bonchev–Trinajstić information content (AvgIpc) is 2.78. The van der Waals surface area contributed by atoms with E-state index in [1.54, 1.807) is 0 Å². The van der Waals surface area contributed by atoms with E-state index in [4.69, 9.17) is 26.0 Å². The second kappa shape index (κ2) is 6.02. The van der Waals surface area contributed by atoms with Gasteiger partial charge >= 0.3 is 5.97 Å². The average molecular weight is 300 g/mol. The van der Waals surface area contributed by atoms with Crippen molar-refractivity contribution in [1.82, 2.24) is 5.16 Å². The number of rotatable bonds is 4. The molecule has 0 aliphatic rings. The molecule has 0 saturated heterocycles. The van der Waals surface area contributed by atoms with Crippen LogP contribution in [-0.2, 0) is 4.74 Å². The summed E-state index contributed by atoms with van der Waals surface area (Å²) >= 11 is 5.94. The topological polar surface area (TPSA) is 72.6 Å². The van der Waals surface area contributed by atoms with Crippen LogP contribution in [0, 0.1) is 12.7 Å². The second-order valence-electron chi connectivity index (χ2n) is 3.92. The van der Waals surface area contributed by atoms with E-state index in [9.17, 15) is 9.18 Å². The highest BCUT2D eigenvalue weighted by Gasteiger charge is 2.26. The smallest absolute Gasteiger partial charge is 0.344 e. The Morgan fingerprint density at radius 2 is 2.30 bits per heavy atom. The summed E-state index contributed by atoms with van der Waals surface area (Å²) in [6.07, 6.45) is 0. The van der Waals surface area contributed by atoms with E-state index in [0.29, 0.717) is 0 Å². The third kappa shape index (κ3) is 2.66. The minimum absolute atomic E-state index is 0.00884. The van der Waals surface area contributed by atoms with E-state index < -0.39 is 11.8 Å². The van der Waals surface area contributed by atoms with E-state index in [0.717, 1.165) is 0 Å². The lowest BCUT2D eigenvalue weighted by Gasteiger charge is -2.05. The van der Waals surface area contributed by atoms with Crippen molar-refractivity contribution in [2.75, 3.05) is 13.2 Å². The van der Waals surface area contributed by atoms with Gasteiger partial charge in [-0.2, -0.15) is 0 Å². The number of halogens is 2. The zero-order valence-corrected chi connectivity index (χ0v) is 11.3. The van der Waals surface area contributed by atoms with Crippen molar-refractivity contribution >= 4 is 17.6 Å². The summed E-state index contributed by atoms with van der Waals surface area (Å²) in [5.41, 5.74) is -0.0547. The van der Waals surface area contributed by atoms with Gasteiger partial charge in [-0.15, -0.1) is 0 Å². The van der Waals surface area contributed by atoms with Crippen molar-refractivity contribution in [3.63, 3.8) is 0 Å². The molecule has 1 N–H and O–H groups in total. The molecule has 20 heavy (non-hydrogen) atoms. The van der Waals surface area contributed by atoms with Crippen LogP contribution in [0.1, 0.15) is 16.1 Å². The highest BCUT2D eigenvalue weighted by atomic mass is 35.5. The van der Waals surface area contributed by atoms with E-state index >= 15 is 0 Å². The molecular formula is C13H11ClFNO4. The molecule has 1 aromatic heterocycles. The highest BCUT2D eigenvalue weighted by Crippen LogP contribution is 2.33. The maximum Gasteiger partial charge on any atom is 0.344 e. The SMILES string of the molecule is Cc1onc(-c2c(F)cccc2Cl)c1C(=O)OCCO. The molecule has 0 amide bonds. The Kier molecular flexibility index (Phi) is 4.36. The Hall–Kier alpha value is -1.92. The van der Waals surface area contributed by atoms with Crippen molar-refractivity contribution in [2.24, 2.45) is 0 Å². The number of hydrogen-bond acceptors (Lipinski definition) is 5. The van der Waals surface area contributed by atoms with E-state index in [1.807, 2.05) is 0 Å². The predicted octanol–water partition coefficient (Wildman–Crippen LogP) is 2.59. The molecule has 2 rings (SSSR count). The molecule has 0 bridgehead atoms. The molecule has 0 saturated carbocycles. The van der Waals surface area contributed by atoms with Crippen molar-refractivity contribution in [2.45, 2.75) is 6.92 Å². The number of aryl methyl sites for hydroxylation is 1. The van der Waals surface area contributed by atoms with Crippen LogP contribution in [-0.4, -0.2) is 29.4 Å². The minimum atomic E-state index is -0.757. The Morgan fingerprint density at radius 3 is 2.95 bits per heavy atom. The lowest BCUT2D eigenvalue weighted by molar-refractivity contribution is 0.0432. The van der Waals surface area contributed by atoms with Gasteiger partial charge in [0.15, 0.2) is 0 Å². The third-order valence-corrected chi connectivity index (χ3v) is 2.91. The van der Waals surface area contributed by atoms with Crippen LogP contribution in [0.15, 0.2) is 22.7 Å². The Bertz CT molecular complexity index is 621. The van der Waals surface area contributed by atoms with E-state index in [2.05, 4.69) is 5.16 Å². The van der Waals surface area contributed by atoms with E-state index in [1.165, 1.54) is 25.1 Å². The highest BCUT2D eigenvalue weighted by molar-refractivity contribution is 6.33. The molecule has 5 nitrogen and oxygen atoms in total. The van der Waals surface area contributed by atoms with Gasteiger partial charge in [0.1, 0.15) is 29.4 Å². The summed E-state index contributed by atoms with van der Waals surface area (Å²) < 4.78 is 23.6. The monoisotopic (exact) mass is 299 g/mol. The van der Waals surface area contributed by atoms with Crippen molar-refractivity contribution in [3.05, 3.63) is 40.4 Å². The molecule has 0 aliphatic heterocycles. The zero-order valence-electron chi connectivity index (χ0n) is 10.5. The third-order valence-electron chi connectivity index (χ3n) is 2.59. The van der Waals surface area contributed by atoms with Gasteiger partial charge in [-0.1, -0.05) is 22.8 Å². The fraction of sp³-hybridized carbons (Fsp3) is 0.231. The van der Waals surface area contributed by atoms with Crippen LogP contribution >= 0.6 is 11.6 Å². The number of aliphatic hydroxyl groups is 1. The summed E-state index contributed by atoms with van der Waals surface area (Å²) in [6, 6.07) is 4.12. The summed E-state index contributed by atoms with van der Waals surface area (Å²) in [4.78, 5) is 11.9. The first-order valence-corrected chi connectivity index (χ1v) is 6.12. The number of carbonyl (C=O) groups is 1. The van der Waals surface area contributed by atoms with Crippen LogP contribution in [0.4, 0.5) is 4.39 Å². The van der Waals surface area contributed by atoms with Gasteiger partial charge in [0, 0.05) is 0 Å². The first kappa shape index (κ1) is 14.5. The Labute approximate surface area is 118 Å². The number of esters is 1. The van der Waals surface area contributed by atoms with Crippen LogP contribution < -0.4 is 0 Å². The van der Waals surface area contributed by atoms with Gasteiger partial charge in [0.2, 0.25) is 0 Å². The first-order chi connectivity index (χ1) is 9.56. The van der Waals surface area contributed by atoms with Gasteiger partial charge in [-0.3, -0.25) is 0 Å². The quantitative estimate of drug-likeness (QED) is 0.879. The number of carbonyl (C=O) groups excluding carboxylic acids is 1. The Balaban J connectivity index is 2.51. The molecule has 0 fully saturated rings. The summed E-state index contributed by atoms with van der Waals surface area (Å²) in [5, 5.41) is 12.4. The fourth-order valence-electron chi connectivity index (χ4n) is 1.72. The molecule has 0 aliphatic carbocycles. The van der Waals surface area contributed by atoms with E-state index in [-0.39, 0.29) is 40.8 Å². The molecule has 0 atom stereocenters. The van der Waals surface area contributed by atoms with Gasteiger partial charge in [0.05, 0.1) is 17.2 Å². The number of hydrogen-bond donors (Lipinski definition) is 1. The maximum atomic E-state index is 13.9. The molecular weight excluding hydrogens is 289 g/mol. The van der Waals surface area contributed by atoms with Crippen LogP contribution in [0.2, 0.25) is 5.02 Å². The molecule has 1 aromatic carbocycles. The van der Waals surface area contributed by atoms with Gasteiger partial charge in [0.25, 0.3) is 0 Å². The number of nitrogens with zero attached hydrogens (tertiary/aromatic N) is 1. The largest absolute Gasteiger partial charge is 0.460 e.